The summed E-state index contributed by atoms with van der Waals surface area (Å²) in [5.41, 5.74) is 2.17. The van der Waals surface area contributed by atoms with E-state index >= 15 is 0 Å². The Kier molecular flexibility index (Phi) is 3.80. The van der Waals surface area contributed by atoms with Gasteiger partial charge in [-0.25, -0.2) is 9.97 Å². The van der Waals surface area contributed by atoms with Crippen LogP contribution in [0.4, 0.5) is 5.82 Å². The van der Waals surface area contributed by atoms with Crippen LogP contribution in [0.2, 0.25) is 0 Å². The van der Waals surface area contributed by atoms with Crippen molar-refractivity contribution in [2.45, 2.75) is 38.8 Å². The molecule has 0 radical (unpaired) electrons. The van der Waals surface area contributed by atoms with Crippen LogP contribution in [0.25, 0.3) is 0 Å². The predicted octanol–water partition coefficient (Wildman–Crippen LogP) is 1.19. The Morgan fingerprint density at radius 2 is 2.14 bits per heavy atom. The van der Waals surface area contributed by atoms with Gasteiger partial charge in [-0.05, 0) is 32.9 Å². The normalized spacial score (nSPS) is 22.2. The standard InChI is InChI=1S/C15H23N5O/c1-10(21)20-8-6-11-12(9-20)17-15(18-14(11)16-2)13-5-4-7-19(13)3/h13H,4-9H2,1-3H3,(H,16,17,18). The smallest absolute Gasteiger partial charge is 0.219 e. The zero-order valence-corrected chi connectivity index (χ0v) is 13.0. The van der Waals surface area contributed by atoms with Crippen LogP contribution < -0.4 is 5.32 Å². The quantitative estimate of drug-likeness (QED) is 0.886. The third-order valence-corrected chi connectivity index (χ3v) is 4.58. The average molecular weight is 289 g/mol. The molecule has 1 fully saturated rings. The van der Waals surface area contributed by atoms with Crippen molar-refractivity contribution in [1.29, 1.82) is 0 Å². The third kappa shape index (κ3) is 2.60. The van der Waals surface area contributed by atoms with E-state index in [9.17, 15) is 4.79 Å². The number of amides is 1. The summed E-state index contributed by atoms with van der Waals surface area (Å²) in [6, 6.07) is 0.301. The number of nitrogens with one attached hydrogen (secondary N) is 1. The summed E-state index contributed by atoms with van der Waals surface area (Å²) in [7, 11) is 4.03. The lowest BCUT2D eigenvalue weighted by atomic mass is 10.0. The van der Waals surface area contributed by atoms with Gasteiger partial charge in [0.05, 0.1) is 18.3 Å². The van der Waals surface area contributed by atoms with E-state index < -0.39 is 0 Å². The van der Waals surface area contributed by atoms with Gasteiger partial charge in [0.1, 0.15) is 11.6 Å². The van der Waals surface area contributed by atoms with Crippen LogP contribution in [0.5, 0.6) is 0 Å². The molecule has 114 valence electrons. The molecule has 6 nitrogen and oxygen atoms in total. The van der Waals surface area contributed by atoms with E-state index in [1.54, 1.807) is 6.92 Å². The Bertz CT molecular complexity index is 559. The number of hydrogen-bond donors (Lipinski definition) is 1. The van der Waals surface area contributed by atoms with Crippen LogP contribution in [0.3, 0.4) is 0 Å². The minimum atomic E-state index is 0.116. The Morgan fingerprint density at radius 1 is 1.33 bits per heavy atom. The van der Waals surface area contributed by atoms with Crippen LogP contribution in [0.1, 0.15) is 42.9 Å². The highest BCUT2D eigenvalue weighted by Crippen LogP contribution is 2.31. The molecule has 1 amide bonds. The van der Waals surface area contributed by atoms with Crippen molar-refractivity contribution >= 4 is 11.7 Å². The van der Waals surface area contributed by atoms with Crippen LogP contribution in [0, 0.1) is 0 Å². The number of fused-ring (bicyclic) bond motifs is 1. The van der Waals surface area contributed by atoms with Crippen molar-refractivity contribution in [2.24, 2.45) is 0 Å². The van der Waals surface area contributed by atoms with E-state index in [-0.39, 0.29) is 5.91 Å². The summed E-state index contributed by atoms with van der Waals surface area (Å²) in [6.45, 7) is 4.07. The Hall–Kier alpha value is -1.69. The van der Waals surface area contributed by atoms with Gasteiger partial charge in [-0.1, -0.05) is 0 Å². The first kappa shape index (κ1) is 14.3. The topological polar surface area (TPSA) is 61.4 Å². The maximum absolute atomic E-state index is 11.6. The highest BCUT2D eigenvalue weighted by molar-refractivity contribution is 5.73. The second-order valence-electron chi connectivity index (χ2n) is 5.93. The van der Waals surface area contributed by atoms with Crippen LogP contribution in [-0.2, 0) is 17.8 Å². The number of nitrogens with zero attached hydrogens (tertiary/aromatic N) is 4. The fraction of sp³-hybridized carbons (Fsp3) is 0.667. The van der Waals surface area contributed by atoms with E-state index in [2.05, 4.69) is 17.3 Å². The van der Waals surface area contributed by atoms with E-state index in [1.807, 2.05) is 11.9 Å². The van der Waals surface area contributed by atoms with Gasteiger partial charge in [0.2, 0.25) is 5.91 Å². The maximum atomic E-state index is 11.6. The summed E-state index contributed by atoms with van der Waals surface area (Å²) in [5.74, 6) is 1.94. The molecule has 2 aliphatic heterocycles. The molecule has 0 aromatic carbocycles. The van der Waals surface area contributed by atoms with Gasteiger partial charge >= 0.3 is 0 Å². The Balaban J connectivity index is 1.97. The lowest BCUT2D eigenvalue weighted by Crippen LogP contribution is -2.36. The highest BCUT2D eigenvalue weighted by atomic mass is 16.2. The zero-order valence-electron chi connectivity index (χ0n) is 13.0. The molecule has 1 aromatic heterocycles. The summed E-state index contributed by atoms with van der Waals surface area (Å²) in [6.07, 6.45) is 3.12. The van der Waals surface area contributed by atoms with Crippen molar-refractivity contribution in [3.05, 3.63) is 17.1 Å². The Morgan fingerprint density at radius 3 is 2.76 bits per heavy atom. The number of anilines is 1. The predicted molar refractivity (Wildman–Crippen MR) is 81.0 cm³/mol. The molecule has 0 spiro atoms. The van der Waals surface area contributed by atoms with Crippen LogP contribution in [-0.4, -0.2) is 52.9 Å². The van der Waals surface area contributed by atoms with Gasteiger partial charge in [-0.2, -0.15) is 0 Å². The van der Waals surface area contributed by atoms with E-state index in [0.29, 0.717) is 12.6 Å². The molecule has 2 aliphatic rings. The van der Waals surface area contributed by atoms with Crippen molar-refractivity contribution in [3.8, 4) is 0 Å². The number of aromatic nitrogens is 2. The molecule has 0 aliphatic carbocycles. The van der Waals surface area contributed by atoms with E-state index in [1.165, 1.54) is 12.0 Å². The minimum Gasteiger partial charge on any atom is -0.373 e. The van der Waals surface area contributed by atoms with E-state index in [4.69, 9.17) is 9.97 Å². The van der Waals surface area contributed by atoms with Gasteiger partial charge in [0.25, 0.3) is 0 Å². The van der Waals surface area contributed by atoms with Crippen LogP contribution in [0.15, 0.2) is 0 Å². The van der Waals surface area contributed by atoms with Crippen molar-refractivity contribution in [2.75, 3.05) is 32.5 Å². The van der Waals surface area contributed by atoms with E-state index in [0.717, 1.165) is 43.3 Å². The van der Waals surface area contributed by atoms with Gasteiger partial charge in [0.15, 0.2) is 0 Å². The second kappa shape index (κ2) is 5.60. The fourth-order valence-corrected chi connectivity index (χ4v) is 3.31. The largest absolute Gasteiger partial charge is 0.373 e. The second-order valence-corrected chi connectivity index (χ2v) is 5.93. The summed E-state index contributed by atoms with van der Waals surface area (Å²) >= 11 is 0. The molecule has 0 bridgehead atoms. The average Bonchev–Trinajstić information content (AvgIpc) is 2.91. The molecule has 1 unspecified atom stereocenters. The molecular formula is C15H23N5O. The monoisotopic (exact) mass is 289 g/mol. The molecule has 6 heteroatoms. The molecule has 1 N–H and O–H groups in total. The molecule has 1 aromatic rings. The molecule has 21 heavy (non-hydrogen) atoms. The summed E-state index contributed by atoms with van der Waals surface area (Å²) in [4.78, 5) is 25.3. The van der Waals surface area contributed by atoms with Crippen LogP contribution >= 0.6 is 0 Å². The van der Waals surface area contributed by atoms with Crippen molar-refractivity contribution < 1.29 is 4.79 Å². The summed E-state index contributed by atoms with van der Waals surface area (Å²) in [5, 5.41) is 3.20. The highest BCUT2D eigenvalue weighted by Gasteiger charge is 2.29. The van der Waals surface area contributed by atoms with Gasteiger partial charge in [0, 0.05) is 26.1 Å². The first-order valence-electron chi connectivity index (χ1n) is 7.63. The third-order valence-electron chi connectivity index (χ3n) is 4.58. The lowest BCUT2D eigenvalue weighted by Gasteiger charge is -2.29. The van der Waals surface area contributed by atoms with Gasteiger partial charge in [-0.15, -0.1) is 0 Å². The molecule has 3 heterocycles. The van der Waals surface area contributed by atoms with Crippen molar-refractivity contribution in [1.82, 2.24) is 19.8 Å². The number of carbonyl (C=O) groups is 1. The Labute approximate surface area is 125 Å². The number of hydrogen-bond acceptors (Lipinski definition) is 5. The number of carbonyl (C=O) groups excluding carboxylic acids is 1. The van der Waals surface area contributed by atoms with Gasteiger partial charge in [-0.3, -0.25) is 9.69 Å². The molecule has 1 saturated heterocycles. The maximum Gasteiger partial charge on any atom is 0.219 e. The minimum absolute atomic E-state index is 0.116. The molecule has 0 saturated carbocycles. The number of rotatable bonds is 2. The van der Waals surface area contributed by atoms with Crippen molar-refractivity contribution in [3.63, 3.8) is 0 Å². The number of likely N-dealkylation sites (tertiary alicyclic amines) is 1. The molecular weight excluding hydrogens is 266 g/mol. The summed E-state index contributed by atoms with van der Waals surface area (Å²) < 4.78 is 0. The lowest BCUT2D eigenvalue weighted by molar-refractivity contribution is -0.129. The first-order valence-corrected chi connectivity index (χ1v) is 7.63. The molecule has 3 rings (SSSR count). The molecule has 1 atom stereocenters. The van der Waals surface area contributed by atoms with Gasteiger partial charge < -0.3 is 10.2 Å². The SMILES string of the molecule is CNc1nc(C2CCCN2C)nc2c1CCN(C(C)=O)C2. The fourth-order valence-electron chi connectivity index (χ4n) is 3.31. The zero-order chi connectivity index (χ0) is 15.0. The first-order chi connectivity index (χ1) is 10.1.